The molecule has 0 aliphatic carbocycles. The maximum absolute atomic E-state index is 12.1. The Kier molecular flexibility index (Phi) is 4.68. The Labute approximate surface area is 127 Å². The van der Waals surface area contributed by atoms with Crippen molar-refractivity contribution >= 4 is 33.9 Å². The molecule has 0 unspecified atom stereocenters. The summed E-state index contributed by atoms with van der Waals surface area (Å²) in [5, 5.41) is 3.06. The van der Waals surface area contributed by atoms with Gasteiger partial charge in [-0.1, -0.05) is 24.6 Å². The molecule has 0 aliphatic rings. The summed E-state index contributed by atoms with van der Waals surface area (Å²) in [5.41, 5.74) is 9.04. The van der Waals surface area contributed by atoms with E-state index in [1.54, 1.807) is 0 Å². The number of benzene rings is 1. The van der Waals surface area contributed by atoms with Crippen LogP contribution >= 0.6 is 22.9 Å². The number of carbonyl (C=O) groups is 1. The normalized spacial score (nSPS) is 10.6. The number of carbonyl (C=O) groups excluding carboxylic acids is 1. The molecule has 5 heteroatoms. The molecule has 0 amide bonds. The summed E-state index contributed by atoms with van der Waals surface area (Å²) in [6, 6.07) is 5.65. The minimum absolute atomic E-state index is 0.367. The second kappa shape index (κ2) is 6.29. The second-order valence-electron chi connectivity index (χ2n) is 4.49. The van der Waals surface area contributed by atoms with Crippen LogP contribution in [0.25, 0.3) is 11.1 Å². The molecule has 0 saturated carbocycles. The molecule has 1 aromatic heterocycles. The zero-order chi connectivity index (χ0) is 14.7. The van der Waals surface area contributed by atoms with Crippen LogP contribution < -0.4 is 5.73 Å². The Bertz CT molecular complexity index is 637. The minimum Gasteiger partial charge on any atom is -0.462 e. The van der Waals surface area contributed by atoms with Crippen LogP contribution in [-0.4, -0.2) is 12.6 Å². The van der Waals surface area contributed by atoms with Crippen LogP contribution in [0.15, 0.2) is 23.6 Å². The van der Waals surface area contributed by atoms with E-state index in [2.05, 4.69) is 0 Å². The predicted octanol–water partition coefficient (Wildman–Crippen LogP) is 4.53. The van der Waals surface area contributed by atoms with Gasteiger partial charge in [0.05, 0.1) is 6.61 Å². The van der Waals surface area contributed by atoms with E-state index < -0.39 is 0 Å². The third kappa shape index (κ3) is 2.97. The van der Waals surface area contributed by atoms with Crippen molar-refractivity contribution in [3.63, 3.8) is 0 Å². The van der Waals surface area contributed by atoms with Crippen LogP contribution in [-0.2, 0) is 4.74 Å². The van der Waals surface area contributed by atoms with E-state index in [9.17, 15) is 4.79 Å². The van der Waals surface area contributed by atoms with Crippen LogP contribution in [0.4, 0.5) is 5.00 Å². The van der Waals surface area contributed by atoms with Gasteiger partial charge in [0, 0.05) is 16.0 Å². The Morgan fingerprint density at radius 3 is 2.85 bits per heavy atom. The fourth-order valence-electron chi connectivity index (χ4n) is 1.88. The lowest BCUT2D eigenvalue weighted by atomic mass is 10.0. The standard InChI is InChI=1S/C15H16ClNO2S/c1-3-6-19-15(18)13-11(8-20-14(13)17)10-4-5-12(16)9(2)7-10/h4-5,7-8H,3,6,17H2,1-2H3. The summed E-state index contributed by atoms with van der Waals surface area (Å²) in [6.45, 7) is 4.28. The largest absolute Gasteiger partial charge is 0.462 e. The van der Waals surface area contributed by atoms with Gasteiger partial charge in [-0.05, 0) is 36.6 Å². The van der Waals surface area contributed by atoms with Crippen LogP contribution in [0, 0.1) is 6.92 Å². The first-order valence-electron chi connectivity index (χ1n) is 6.35. The summed E-state index contributed by atoms with van der Waals surface area (Å²) < 4.78 is 5.19. The van der Waals surface area contributed by atoms with Gasteiger partial charge in [0.25, 0.3) is 0 Å². The zero-order valence-corrected chi connectivity index (χ0v) is 13.0. The molecule has 0 spiro atoms. The van der Waals surface area contributed by atoms with Crippen molar-refractivity contribution in [2.24, 2.45) is 0 Å². The average Bonchev–Trinajstić information content (AvgIpc) is 2.81. The first kappa shape index (κ1) is 14.9. The maximum atomic E-state index is 12.1. The summed E-state index contributed by atoms with van der Waals surface area (Å²) in [4.78, 5) is 12.1. The number of aryl methyl sites for hydroxylation is 1. The molecule has 0 atom stereocenters. The zero-order valence-electron chi connectivity index (χ0n) is 11.4. The third-order valence-corrected chi connectivity index (χ3v) is 4.17. The monoisotopic (exact) mass is 309 g/mol. The Morgan fingerprint density at radius 2 is 2.20 bits per heavy atom. The first-order valence-corrected chi connectivity index (χ1v) is 7.61. The highest BCUT2D eigenvalue weighted by Gasteiger charge is 2.20. The van der Waals surface area contributed by atoms with E-state index in [1.165, 1.54) is 11.3 Å². The molecule has 3 nitrogen and oxygen atoms in total. The SMILES string of the molecule is CCCOC(=O)c1c(-c2ccc(Cl)c(C)c2)csc1N. The molecule has 0 bridgehead atoms. The van der Waals surface area contributed by atoms with E-state index in [4.69, 9.17) is 22.1 Å². The average molecular weight is 310 g/mol. The van der Waals surface area contributed by atoms with Crippen molar-refractivity contribution in [2.75, 3.05) is 12.3 Å². The summed E-state index contributed by atoms with van der Waals surface area (Å²) in [5.74, 6) is -0.367. The molecule has 2 N–H and O–H groups in total. The molecule has 2 aromatic rings. The van der Waals surface area contributed by atoms with Gasteiger partial charge in [-0.2, -0.15) is 0 Å². The maximum Gasteiger partial charge on any atom is 0.341 e. The number of thiophene rings is 1. The number of halogens is 1. The number of esters is 1. The predicted molar refractivity (Wildman–Crippen MR) is 84.5 cm³/mol. The van der Waals surface area contributed by atoms with E-state index in [0.29, 0.717) is 22.2 Å². The van der Waals surface area contributed by atoms with Gasteiger partial charge >= 0.3 is 5.97 Å². The Balaban J connectivity index is 2.42. The van der Waals surface area contributed by atoms with Gasteiger partial charge in [0.2, 0.25) is 0 Å². The molecule has 1 heterocycles. The van der Waals surface area contributed by atoms with Gasteiger partial charge in [-0.25, -0.2) is 4.79 Å². The minimum atomic E-state index is -0.367. The lowest BCUT2D eigenvalue weighted by Gasteiger charge is -2.07. The van der Waals surface area contributed by atoms with E-state index >= 15 is 0 Å². The molecular weight excluding hydrogens is 294 g/mol. The fraction of sp³-hybridized carbons (Fsp3) is 0.267. The van der Waals surface area contributed by atoms with Gasteiger partial charge < -0.3 is 10.5 Å². The van der Waals surface area contributed by atoms with Gasteiger partial charge in [-0.3, -0.25) is 0 Å². The molecule has 1 aromatic carbocycles. The lowest BCUT2D eigenvalue weighted by Crippen LogP contribution is -2.08. The van der Waals surface area contributed by atoms with Crippen molar-refractivity contribution in [3.05, 3.63) is 39.7 Å². The quantitative estimate of drug-likeness (QED) is 0.844. The molecule has 0 saturated heterocycles. The Morgan fingerprint density at radius 1 is 1.45 bits per heavy atom. The van der Waals surface area contributed by atoms with E-state index in [-0.39, 0.29) is 5.97 Å². The smallest absolute Gasteiger partial charge is 0.341 e. The van der Waals surface area contributed by atoms with Crippen molar-refractivity contribution in [1.82, 2.24) is 0 Å². The van der Waals surface area contributed by atoms with Crippen molar-refractivity contribution in [2.45, 2.75) is 20.3 Å². The van der Waals surface area contributed by atoms with E-state index in [0.717, 1.165) is 23.1 Å². The highest BCUT2D eigenvalue weighted by atomic mass is 35.5. The number of hydrogen-bond donors (Lipinski definition) is 1. The molecule has 2 rings (SSSR count). The molecule has 106 valence electrons. The molecule has 0 radical (unpaired) electrons. The number of hydrogen-bond acceptors (Lipinski definition) is 4. The molecule has 0 fully saturated rings. The van der Waals surface area contributed by atoms with E-state index in [1.807, 2.05) is 37.4 Å². The van der Waals surface area contributed by atoms with Crippen LogP contribution in [0.1, 0.15) is 29.3 Å². The highest BCUT2D eigenvalue weighted by molar-refractivity contribution is 7.14. The number of nitrogens with two attached hydrogens (primary N) is 1. The molecule has 0 aliphatic heterocycles. The van der Waals surface area contributed by atoms with Gasteiger partial charge in [0.1, 0.15) is 10.6 Å². The Hall–Kier alpha value is -1.52. The van der Waals surface area contributed by atoms with Crippen molar-refractivity contribution in [1.29, 1.82) is 0 Å². The van der Waals surface area contributed by atoms with Crippen LogP contribution in [0.2, 0.25) is 5.02 Å². The summed E-state index contributed by atoms with van der Waals surface area (Å²) in [7, 11) is 0. The molecule has 20 heavy (non-hydrogen) atoms. The highest BCUT2D eigenvalue weighted by Crippen LogP contribution is 2.35. The van der Waals surface area contributed by atoms with Crippen molar-refractivity contribution < 1.29 is 9.53 Å². The number of nitrogen functional groups attached to an aromatic ring is 1. The third-order valence-electron chi connectivity index (χ3n) is 2.93. The number of anilines is 1. The number of ether oxygens (including phenoxy) is 1. The second-order valence-corrected chi connectivity index (χ2v) is 5.81. The van der Waals surface area contributed by atoms with Crippen LogP contribution in [0.3, 0.4) is 0 Å². The van der Waals surface area contributed by atoms with Gasteiger partial charge in [-0.15, -0.1) is 11.3 Å². The van der Waals surface area contributed by atoms with Crippen LogP contribution in [0.5, 0.6) is 0 Å². The number of rotatable bonds is 4. The summed E-state index contributed by atoms with van der Waals surface area (Å²) in [6.07, 6.45) is 0.783. The molecular formula is C15H16ClNO2S. The lowest BCUT2D eigenvalue weighted by molar-refractivity contribution is 0.0508. The van der Waals surface area contributed by atoms with Gasteiger partial charge in [0.15, 0.2) is 0 Å². The topological polar surface area (TPSA) is 52.3 Å². The summed E-state index contributed by atoms with van der Waals surface area (Å²) >= 11 is 7.37. The van der Waals surface area contributed by atoms with Crippen molar-refractivity contribution in [3.8, 4) is 11.1 Å². The fourth-order valence-corrected chi connectivity index (χ4v) is 2.80. The first-order chi connectivity index (χ1) is 9.54.